The molecule has 7 aromatic carbocycles. The van der Waals surface area contributed by atoms with Gasteiger partial charge < -0.3 is 5.32 Å². The Bertz CT molecular complexity index is 2330. The van der Waals surface area contributed by atoms with Gasteiger partial charge in [0.05, 0.1) is 5.70 Å². The number of anilines is 1. The monoisotopic (exact) mass is 602 g/mol. The van der Waals surface area contributed by atoms with E-state index in [1.807, 2.05) is 56.3 Å². The number of benzene rings is 7. The molecule has 0 spiro atoms. The Kier molecular flexibility index (Phi) is 8.20. The van der Waals surface area contributed by atoms with Gasteiger partial charge >= 0.3 is 0 Å². The third-order valence-electron chi connectivity index (χ3n) is 8.62. The highest BCUT2D eigenvalue weighted by Crippen LogP contribution is 2.44. The summed E-state index contributed by atoms with van der Waals surface area (Å²) >= 11 is 0. The van der Waals surface area contributed by atoms with E-state index < -0.39 is 0 Å². The average Bonchev–Trinajstić information content (AvgIpc) is 3.13. The molecule has 224 valence electrons. The van der Waals surface area contributed by atoms with Crippen LogP contribution in [0.3, 0.4) is 0 Å². The first-order chi connectivity index (χ1) is 23.1. The van der Waals surface area contributed by atoms with Crippen LogP contribution in [0.25, 0.3) is 54.6 Å². The van der Waals surface area contributed by atoms with Gasteiger partial charge in [-0.15, -0.1) is 6.42 Å². The molecule has 0 bridgehead atoms. The van der Waals surface area contributed by atoms with Gasteiger partial charge in [0.15, 0.2) is 0 Å². The molecule has 0 atom stereocenters. The van der Waals surface area contributed by atoms with Crippen molar-refractivity contribution in [2.75, 3.05) is 5.32 Å². The van der Waals surface area contributed by atoms with Gasteiger partial charge in [0.1, 0.15) is 5.70 Å². The van der Waals surface area contributed by atoms with Gasteiger partial charge in [-0.2, -0.15) is 0 Å². The van der Waals surface area contributed by atoms with Crippen LogP contribution in [0.15, 0.2) is 174 Å². The van der Waals surface area contributed by atoms with Crippen LogP contribution in [0.2, 0.25) is 0 Å². The number of aliphatic imine (C=N–C) groups is 1. The Morgan fingerprint density at radius 2 is 1.15 bits per heavy atom. The van der Waals surface area contributed by atoms with Crippen molar-refractivity contribution in [1.29, 1.82) is 0 Å². The molecule has 7 aromatic rings. The standard InChI is InChI=1S/C45H34N2/c1-4-15-43(42(5-2)46-31(3)32-16-7-6-8-17-32)47-37-28-26-34(27-29-37)44-38-20-11-13-22-40(38)45(41-23-14-12-21-39(41)44)36-25-24-33-18-9-10-19-35(33)30-36/h2,4,6-30,47H,1,3H3/b15-4-,43-42-,46-31+. The molecule has 0 heterocycles. The second-order valence-electron chi connectivity index (χ2n) is 11.6. The van der Waals surface area contributed by atoms with Crippen LogP contribution < -0.4 is 5.32 Å². The van der Waals surface area contributed by atoms with E-state index >= 15 is 0 Å². The molecule has 7 rings (SSSR count). The number of hydrogen-bond donors (Lipinski definition) is 1. The maximum absolute atomic E-state index is 5.98. The van der Waals surface area contributed by atoms with Gasteiger partial charge in [0.25, 0.3) is 0 Å². The molecule has 0 radical (unpaired) electrons. The SMILES string of the molecule is C#CC(/N=C(\C)c1ccccc1)=C(\C=C/C)Nc1ccc(-c2c3ccccc3c(-c3ccc4ccccc4c3)c3ccccc23)cc1. The minimum Gasteiger partial charge on any atom is -0.353 e. The zero-order chi connectivity index (χ0) is 32.2. The number of rotatable bonds is 7. The fraction of sp³-hybridized carbons (Fsp3) is 0.0444. The summed E-state index contributed by atoms with van der Waals surface area (Å²) in [5.74, 6) is 2.79. The first kappa shape index (κ1) is 29.5. The first-order valence-corrected chi connectivity index (χ1v) is 15.9. The minimum atomic E-state index is 0.551. The number of nitrogens with one attached hydrogen (secondary N) is 1. The van der Waals surface area contributed by atoms with Crippen molar-refractivity contribution in [1.82, 2.24) is 0 Å². The molecule has 0 aromatic heterocycles. The van der Waals surface area contributed by atoms with Crippen molar-refractivity contribution in [3.8, 4) is 34.6 Å². The van der Waals surface area contributed by atoms with E-state index in [0.717, 1.165) is 28.2 Å². The van der Waals surface area contributed by atoms with Crippen molar-refractivity contribution in [2.24, 2.45) is 4.99 Å². The highest BCUT2D eigenvalue weighted by Gasteiger charge is 2.17. The van der Waals surface area contributed by atoms with Crippen LogP contribution >= 0.6 is 0 Å². The Morgan fingerprint density at radius 3 is 1.74 bits per heavy atom. The molecular weight excluding hydrogens is 569 g/mol. The van der Waals surface area contributed by atoms with E-state index in [9.17, 15) is 0 Å². The smallest absolute Gasteiger partial charge is 0.136 e. The topological polar surface area (TPSA) is 24.4 Å². The molecule has 0 amide bonds. The van der Waals surface area contributed by atoms with Gasteiger partial charge in [-0.05, 0) is 104 Å². The molecule has 0 saturated carbocycles. The Morgan fingerprint density at radius 1 is 0.617 bits per heavy atom. The van der Waals surface area contributed by atoms with Crippen LogP contribution in [0.5, 0.6) is 0 Å². The fourth-order valence-corrected chi connectivity index (χ4v) is 6.40. The lowest BCUT2D eigenvalue weighted by Crippen LogP contribution is -2.02. The van der Waals surface area contributed by atoms with Crippen LogP contribution in [0.4, 0.5) is 5.69 Å². The number of nitrogens with zero attached hydrogens (tertiary/aromatic N) is 1. The summed E-state index contributed by atoms with van der Waals surface area (Å²) in [5.41, 5.74) is 9.02. The van der Waals surface area contributed by atoms with Gasteiger partial charge in [-0.3, -0.25) is 0 Å². The van der Waals surface area contributed by atoms with E-state index in [1.165, 1.54) is 49.0 Å². The molecule has 0 aliphatic carbocycles. The summed E-state index contributed by atoms with van der Waals surface area (Å²) < 4.78 is 0. The van der Waals surface area contributed by atoms with Crippen LogP contribution in [-0.2, 0) is 0 Å². The number of hydrogen-bond acceptors (Lipinski definition) is 2. The third kappa shape index (κ3) is 5.84. The second-order valence-corrected chi connectivity index (χ2v) is 11.6. The molecule has 0 unspecified atom stereocenters. The van der Waals surface area contributed by atoms with E-state index in [1.54, 1.807) is 0 Å². The van der Waals surface area contributed by atoms with Crippen LogP contribution in [-0.4, -0.2) is 5.71 Å². The summed E-state index contributed by atoms with van der Waals surface area (Å²) in [5, 5.41) is 10.9. The predicted molar refractivity (Wildman–Crippen MR) is 203 cm³/mol. The molecule has 2 heteroatoms. The molecule has 2 nitrogen and oxygen atoms in total. The largest absolute Gasteiger partial charge is 0.353 e. The predicted octanol–water partition coefficient (Wildman–Crippen LogP) is 11.8. The summed E-state index contributed by atoms with van der Waals surface area (Å²) in [7, 11) is 0. The van der Waals surface area contributed by atoms with Gasteiger partial charge in [0, 0.05) is 11.4 Å². The molecule has 0 fully saturated rings. The lowest BCUT2D eigenvalue weighted by atomic mass is 9.85. The van der Waals surface area contributed by atoms with Gasteiger partial charge in [-0.25, -0.2) is 4.99 Å². The maximum atomic E-state index is 5.98. The van der Waals surface area contributed by atoms with E-state index in [-0.39, 0.29) is 0 Å². The minimum absolute atomic E-state index is 0.551. The third-order valence-corrected chi connectivity index (χ3v) is 8.62. The Hall–Kier alpha value is -6.17. The van der Waals surface area contributed by atoms with E-state index in [2.05, 4.69) is 126 Å². The summed E-state index contributed by atoms with van der Waals surface area (Å²) in [6.07, 6.45) is 9.92. The van der Waals surface area contributed by atoms with Crippen LogP contribution in [0, 0.1) is 12.3 Å². The summed E-state index contributed by atoms with van der Waals surface area (Å²) in [4.78, 5) is 4.81. The van der Waals surface area contributed by atoms with Crippen LogP contribution in [0.1, 0.15) is 19.4 Å². The Labute approximate surface area is 276 Å². The fourth-order valence-electron chi connectivity index (χ4n) is 6.40. The number of allylic oxidation sites excluding steroid dienone is 3. The van der Waals surface area contributed by atoms with E-state index in [4.69, 9.17) is 11.4 Å². The maximum Gasteiger partial charge on any atom is 0.136 e. The zero-order valence-corrected chi connectivity index (χ0v) is 26.5. The van der Waals surface area contributed by atoms with Crippen molar-refractivity contribution < 1.29 is 0 Å². The molecule has 0 saturated heterocycles. The summed E-state index contributed by atoms with van der Waals surface area (Å²) in [6.45, 7) is 3.96. The van der Waals surface area contributed by atoms with Crippen molar-refractivity contribution >= 4 is 43.7 Å². The average molecular weight is 603 g/mol. The molecule has 1 N–H and O–H groups in total. The summed E-state index contributed by atoms with van der Waals surface area (Å²) in [6, 6.07) is 51.6. The molecular formula is C45H34N2. The highest BCUT2D eigenvalue weighted by atomic mass is 14.9. The normalized spacial score (nSPS) is 12.4. The first-order valence-electron chi connectivity index (χ1n) is 15.9. The van der Waals surface area contributed by atoms with Gasteiger partial charge in [-0.1, -0.05) is 133 Å². The quantitative estimate of drug-likeness (QED) is 0.0834. The molecule has 0 aliphatic heterocycles. The Balaban J connectivity index is 1.32. The number of fused-ring (bicyclic) bond motifs is 3. The molecule has 0 aliphatic rings. The number of terminal acetylenes is 1. The van der Waals surface area contributed by atoms with Crippen molar-refractivity contribution in [3.05, 3.63) is 175 Å². The van der Waals surface area contributed by atoms with Gasteiger partial charge in [0.2, 0.25) is 0 Å². The van der Waals surface area contributed by atoms with Crippen molar-refractivity contribution in [3.63, 3.8) is 0 Å². The lowest BCUT2D eigenvalue weighted by Gasteiger charge is -2.18. The zero-order valence-electron chi connectivity index (χ0n) is 26.5. The lowest BCUT2D eigenvalue weighted by molar-refractivity contribution is 1.32. The molecule has 47 heavy (non-hydrogen) atoms. The van der Waals surface area contributed by atoms with E-state index in [0.29, 0.717) is 5.70 Å². The highest BCUT2D eigenvalue weighted by molar-refractivity contribution is 6.21. The second kappa shape index (κ2) is 13.1. The van der Waals surface area contributed by atoms with Crippen molar-refractivity contribution in [2.45, 2.75) is 13.8 Å².